The lowest BCUT2D eigenvalue weighted by Gasteiger charge is -2.29. The van der Waals surface area contributed by atoms with E-state index in [1.54, 1.807) is 7.11 Å². The molecule has 20 heavy (non-hydrogen) atoms. The van der Waals surface area contributed by atoms with Gasteiger partial charge in [0, 0.05) is 18.6 Å². The van der Waals surface area contributed by atoms with Crippen molar-refractivity contribution in [2.45, 2.75) is 39.7 Å². The molecule has 0 saturated heterocycles. The second-order valence-corrected chi connectivity index (χ2v) is 6.90. The predicted octanol–water partition coefficient (Wildman–Crippen LogP) is 3.75. The molecule has 3 nitrogen and oxygen atoms in total. The Morgan fingerprint density at radius 2 is 1.95 bits per heavy atom. The van der Waals surface area contributed by atoms with Gasteiger partial charge in [-0.05, 0) is 30.0 Å². The van der Waals surface area contributed by atoms with Crippen molar-refractivity contribution < 1.29 is 9.53 Å². The SMILES string of the molecule is COC(C)(CNC(=O)CC(C)(C)C)c1cccc(Cl)c1. The smallest absolute Gasteiger partial charge is 0.220 e. The molecule has 0 fully saturated rings. The summed E-state index contributed by atoms with van der Waals surface area (Å²) >= 11 is 6.01. The summed E-state index contributed by atoms with van der Waals surface area (Å²) in [5.74, 6) is 0.0304. The van der Waals surface area contributed by atoms with E-state index < -0.39 is 5.60 Å². The molecule has 0 aliphatic carbocycles. The van der Waals surface area contributed by atoms with Crippen LogP contribution in [0, 0.1) is 5.41 Å². The number of amides is 1. The number of carbonyl (C=O) groups is 1. The van der Waals surface area contributed by atoms with Gasteiger partial charge in [0.1, 0.15) is 5.60 Å². The van der Waals surface area contributed by atoms with E-state index in [2.05, 4.69) is 5.32 Å². The number of hydrogen-bond acceptors (Lipinski definition) is 2. The summed E-state index contributed by atoms with van der Waals surface area (Å²) in [6.07, 6.45) is 0.488. The fraction of sp³-hybridized carbons (Fsp3) is 0.562. The van der Waals surface area contributed by atoms with Crippen LogP contribution in [0.15, 0.2) is 24.3 Å². The van der Waals surface area contributed by atoms with Crippen molar-refractivity contribution in [3.05, 3.63) is 34.9 Å². The third-order valence-electron chi connectivity index (χ3n) is 3.20. The highest BCUT2D eigenvalue weighted by Crippen LogP contribution is 2.26. The van der Waals surface area contributed by atoms with E-state index >= 15 is 0 Å². The van der Waals surface area contributed by atoms with Crippen molar-refractivity contribution in [3.63, 3.8) is 0 Å². The summed E-state index contributed by atoms with van der Waals surface area (Å²) in [7, 11) is 1.64. The molecule has 4 heteroatoms. The molecule has 1 aromatic carbocycles. The van der Waals surface area contributed by atoms with Crippen LogP contribution in [-0.2, 0) is 15.1 Å². The number of halogens is 1. The fourth-order valence-corrected chi connectivity index (χ4v) is 2.11. The van der Waals surface area contributed by atoms with Gasteiger partial charge < -0.3 is 10.1 Å². The second kappa shape index (κ2) is 6.59. The molecular weight excluding hydrogens is 274 g/mol. The number of nitrogens with one attached hydrogen (secondary N) is 1. The Bertz CT molecular complexity index is 468. The van der Waals surface area contributed by atoms with Crippen LogP contribution in [0.3, 0.4) is 0 Å². The fourth-order valence-electron chi connectivity index (χ4n) is 1.92. The van der Waals surface area contributed by atoms with Crippen LogP contribution in [-0.4, -0.2) is 19.6 Å². The molecule has 0 heterocycles. The molecule has 0 saturated carbocycles. The highest BCUT2D eigenvalue weighted by molar-refractivity contribution is 6.30. The molecule has 1 amide bonds. The zero-order chi connectivity index (χ0) is 15.4. The van der Waals surface area contributed by atoms with Gasteiger partial charge in [0.05, 0.1) is 6.54 Å². The maximum absolute atomic E-state index is 11.9. The minimum atomic E-state index is -0.585. The first-order chi connectivity index (χ1) is 9.16. The van der Waals surface area contributed by atoms with E-state index in [1.807, 2.05) is 52.0 Å². The molecule has 1 rings (SSSR count). The minimum absolute atomic E-state index is 0.0242. The Labute approximate surface area is 126 Å². The van der Waals surface area contributed by atoms with Crippen LogP contribution in [0.25, 0.3) is 0 Å². The van der Waals surface area contributed by atoms with Crippen LogP contribution in [0.1, 0.15) is 39.7 Å². The van der Waals surface area contributed by atoms with Crippen molar-refractivity contribution in [2.24, 2.45) is 5.41 Å². The standard InChI is InChI=1S/C16H24ClNO2/c1-15(2,3)10-14(19)18-11-16(4,20-5)12-7-6-8-13(17)9-12/h6-9H,10-11H2,1-5H3,(H,18,19). The maximum atomic E-state index is 11.9. The number of rotatable bonds is 5. The number of ether oxygens (including phenoxy) is 1. The van der Waals surface area contributed by atoms with Crippen LogP contribution in [0.2, 0.25) is 5.02 Å². The molecule has 1 N–H and O–H groups in total. The van der Waals surface area contributed by atoms with Gasteiger partial charge in [-0.3, -0.25) is 4.79 Å². The molecule has 1 aromatic rings. The van der Waals surface area contributed by atoms with Gasteiger partial charge >= 0.3 is 0 Å². The van der Waals surface area contributed by atoms with Crippen molar-refractivity contribution in [3.8, 4) is 0 Å². The third kappa shape index (κ3) is 5.14. The van der Waals surface area contributed by atoms with E-state index in [-0.39, 0.29) is 11.3 Å². The molecule has 112 valence electrons. The molecule has 0 bridgehead atoms. The van der Waals surface area contributed by atoms with Gasteiger partial charge in [-0.1, -0.05) is 44.5 Å². The zero-order valence-electron chi connectivity index (χ0n) is 12.9. The molecule has 1 atom stereocenters. The number of methoxy groups -OCH3 is 1. The Hall–Kier alpha value is -1.06. The lowest BCUT2D eigenvalue weighted by molar-refractivity contribution is -0.124. The molecule has 1 unspecified atom stereocenters. The topological polar surface area (TPSA) is 38.3 Å². The van der Waals surface area contributed by atoms with Gasteiger partial charge in [-0.2, -0.15) is 0 Å². The monoisotopic (exact) mass is 297 g/mol. The van der Waals surface area contributed by atoms with Crippen LogP contribution in [0.5, 0.6) is 0 Å². The lowest BCUT2D eigenvalue weighted by atomic mass is 9.91. The number of benzene rings is 1. The molecule has 0 spiro atoms. The Morgan fingerprint density at radius 3 is 2.45 bits per heavy atom. The van der Waals surface area contributed by atoms with E-state index in [9.17, 15) is 4.79 Å². The highest BCUT2D eigenvalue weighted by atomic mass is 35.5. The summed E-state index contributed by atoms with van der Waals surface area (Å²) < 4.78 is 5.59. The summed E-state index contributed by atoms with van der Waals surface area (Å²) in [5, 5.41) is 3.60. The molecule has 0 radical (unpaired) electrons. The average Bonchev–Trinajstić information content (AvgIpc) is 2.34. The first kappa shape index (κ1) is 17.0. The first-order valence-corrected chi connectivity index (χ1v) is 7.12. The van der Waals surface area contributed by atoms with Crippen LogP contribution >= 0.6 is 11.6 Å². The Balaban J connectivity index is 2.74. The van der Waals surface area contributed by atoms with Gasteiger partial charge in [0.2, 0.25) is 5.91 Å². The summed E-state index contributed by atoms with van der Waals surface area (Å²) in [4.78, 5) is 11.9. The average molecular weight is 298 g/mol. The third-order valence-corrected chi connectivity index (χ3v) is 3.43. The number of carbonyl (C=O) groups excluding carboxylic acids is 1. The second-order valence-electron chi connectivity index (χ2n) is 6.46. The largest absolute Gasteiger partial charge is 0.372 e. The van der Waals surface area contributed by atoms with E-state index in [0.29, 0.717) is 18.0 Å². The van der Waals surface area contributed by atoms with E-state index in [0.717, 1.165) is 5.56 Å². The van der Waals surface area contributed by atoms with Crippen molar-refractivity contribution in [1.82, 2.24) is 5.32 Å². The zero-order valence-corrected chi connectivity index (χ0v) is 13.7. The molecule has 0 aromatic heterocycles. The minimum Gasteiger partial charge on any atom is -0.372 e. The quantitative estimate of drug-likeness (QED) is 0.899. The highest BCUT2D eigenvalue weighted by Gasteiger charge is 2.27. The van der Waals surface area contributed by atoms with Crippen molar-refractivity contribution in [2.75, 3.05) is 13.7 Å². The maximum Gasteiger partial charge on any atom is 0.220 e. The van der Waals surface area contributed by atoms with Crippen LogP contribution in [0.4, 0.5) is 0 Å². The summed E-state index contributed by atoms with van der Waals surface area (Å²) in [6.45, 7) is 8.48. The van der Waals surface area contributed by atoms with Gasteiger partial charge in [-0.25, -0.2) is 0 Å². The van der Waals surface area contributed by atoms with E-state index in [4.69, 9.17) is 16.3 Å². The van der Waals surface area contributed by atoms with Crippen LogP contribution < -0.4 is 5.32 Å². The van der Waals surface area contributed by atoms with Crippen molar-refractivity contribution in [1.29, 1.82) is 0 Å². The van der Waals surface area contributed by atoms with Gasteiger partial charge in [0.25, 0.3) is 0 Å². The molecule has 0 aliphatic heterocycles. The Kier molecular flexibility index (Phi) is 5.60. The Morgan fingerprint density at radius 1 is 1.30 bits per heavy atom. The first-order valence-electron chi connectivity index (χ1n) is 6.74. The summed E-state index contributed by atoms with van der Waals surface area (Å²) in [5.41, 5.74) is 0.339. The molecule has 0 aliphatic rings. The number of hydrogen-bond donors (Lipinski definition) is 1. The lowest BCUT2D eigenvalue weighted by Crippen LogP contribution is -2.41. The van der Waals surface area contributed by atoms with Crippen molar-refractivity contribution >= 4 is 17.5 Å². The predicted molar refractivity (Wildman–Crippen MR) is 82.9 cm³/mol. The van der Waals surface area contributed by atoms with Gasteiger partial charge in [-0.15, -0.1) is 0 Å². The summed E-state index contributed by atoms with van der Waals surface area (Å²) in [6, 6.07) is 7.51. The normalized spacial score (nSPS) is 14.7. The molecular formula is C16H24ClNO2. The van der Waals surface area contributed by atoms with Gasteiger partial charge in [0.15, 0.2) is 0 Å². The van der Waals surface area contributed by atoms with E-state index in [1.165, 1.54) is 0 Å².